The van der Waals surface area contributed by atoms with Crippen molar-refractivity contribution >= 4 is 17.5 Å². The van der Waals surface area contributed by atoms with Gasteiger partial charge in [0.2, 0.25) is 0 Å². The highest BCUT2D eigenvalue weighted by atomic mass is 35.5. The Hall–Kier alpha value is -2.60. The van der Waals surface area contributed by atoms with Crippen molar-refractivity contribution in [2.24, 2.45) is 0 Å². The zero-order valence-electron chi connectivity index (χ0n) is 15.9. The minimum atomic E-state index is -0.271. The first kappa shape index (κ1) is 20.7. The maximum Gasteiger partial charge on any atom is 0.255 e. The molecule has 2 aromatic rings. The zero-order valence-corrected chi connectivity index (χ0v) is 16.7. The van der Waals surface area contributed by atoms with E-state index in [9.17, 15) is 4.79 Å². The SMILES string of the molecule is CCOc1ccc(C(=O)NCc2cc(OC)c(OC)cc2Cl)c(OCC)c1. The van der Waals surface area contributed by atoms with Crippen molar-refractivity contribution in [2.75, 3.05) is 27.4 Å². The second-order valence-corrected chi connectivity index (χ2v) is 5.91. The normalized spacial score (nSPS) is 10.3. The van der Waals surface area contributed by atoms with Gasteiger partial charge in [-0.05, 0) is 37.6 Å². The molecule has 0 aliphatic carbocycles. The Labute approximate surface area is 164 Å². The monoisotopic (exact) mass is 393 g/mol. The van der Waals surface area contributed by atoms with Crippen molar-refractivity contribution in [3.8, 4) is 23.0 Å². The minimum absolute atomic E-state index is 0.233. The van der Waals surface area contributed by atoms with Gasteiger partial charge in [0, 0.05) is 23.7 Å². The molecular weight excluding hydrogens is 370 g/mol. The molecule has 1 N–H and O–H groups in total. The Morgan fingerprint density at radius 2 is 1.63 bits per heavy atom. The number of benzene rings is 2. The molecule has 0 radical (unpaired) electrons. The van der Waals surface area contributed by atoms with Crippen molar-refractivity contribution < 1.29 is 23.7 Å². The first-order chi connectivity index (χ1) is 13.0. The summed E-state index contributed by atoms with van der Waals surface area (Å²) in [6.07, 6.45) is 0. The van der Waals surface area contributed by atoms with E-state index < -0.39 is 0 Å². The molecule has 0 fully saturated rings. The second kappa shape index (κ2) is 9.92. The van der Waals surface area contributed by atoms with Crippen LogP contribution < -0.4 is 24.3 Å². The Bertz CT molecular complexity index is 794. The van der Waals surface area contributed by atoms with Crippen LogP contribution in [0.4, 0.5) is 0 Å². The first-order valence-electron chi connectivity index (χ1n) is 8.62. The summed E-state index contributed by atoms with van der Waals surface area (Å²) in [6.45, 7) is 4.97. The van der Waals surface area contributed by atoms with E-state index in [4.69, 9.17) is 30.5 Å². The van der Waals surface area contributed by atoms with Crippen molar-refractivity contribution in [1.29, 1.82) is 0 Å². The van der Waals surface area contributed by atoms with Crippen LogP contribution in [0.3, 0.4) is 0 Å². The molecule has 0 bridgehead atoms. The molecule has 2 aromatic carbocycles. The van der Waals surface area contributed by atoms with Gasteiger partial charge in [-0.15, -0.1) is 0 Å². The highest BCUT2D eigenvalue weighted by Crippen LogP contribution is 2.33. The van der Waals surface area contributed by atoms with E-state index in [0.29, 0.717) is 52.4 Å². The molecule has 0 unspecified atom stereocenters. The molecule has 0 aromatic heterocycles. The summed E-state index contributed by atoms with van der Waals surface area (Å²) in [5.74, 6) is 1.93. The molecule has 0 atom stereocenters. The molecule has 0 heterocycles. The third-order valence-electron chi connectivity index (χ3n) is 3.80. The molecule has 7 heteroatoms. The number of nitrogens with one attached hydrogen (secondary N) is 1. The van der Waals surface area contributed by atoms with E-state index in [1.165, 1.54) is 7.11 Å². The van der Waals surface area contributed by atoms with Gasteiger partial charge in [0.1, 0.15) is 11.5 Å². The fourth-order valence-corrected chi connectivity index (χ4v) is 2.74. The van der Waals surface area contributed by atoms with Crippen LogP contribution in [0.25, 0.3) is 0 Å². The van der Waals surface area contributed by atoms with Crippen LogP contribution in [0.1, 0.15) is 29.8 Å². The van der Waals surface area contributed by atoms with Crippen LogP contribution in [0.15, 0.2) is 30.3 Å². The third kappa shape index (κ3) is 5.20. The highest BCUT2D eigenvalue weighted by Gasteiger charge is 2.15. The van der Waals surface area contributed by atoms with Gasteiger partial charge in [0.25, 0.3) is 5.91 Å². The number of hydrogen-bond donors (Lipinski definition) is 1. The Morgan fingerprint density at radius 3 is 2.26 bits per heavy atom. The lowest BCUT2D eigenvalue weighted by Gasteiger charge is -2.14. The van der Waals surface area contributed by atoms with E-state index in [-0.39, 0.29) is 12.5 Å². The fraction of sp³-hybridized carbons (Fsp3) is 0.350. The summed E-state index contributed by atoms with van der Waals surface area (Å²) >= 11 is 6.28. The van der Waals surface area contributed by atoms with Crippen molar-refractivity contribution in [2.45, 2.75) is 20.4 Å². The van der Waals surface area contributed by atoms with E-state index in [1.807, 2.05) is 13.8 Å². The summed E-state index contributed by atoms with van der Waals surface area (Å²) in [5, 5.41) is 3.33. The Balaban J connectivity index is 2.18. The maximum atomic E-state index is 12.6. The number of rotatable bonds is 9. The molecule has 27 heavy (non-hydrogen) atoms. The lowest BCUT2D eigenvalue weighted by Crippen LogP contribution is -2.23. The van der Waals surface area contributed by atoms with Crippen LogP contribution in [0.2, 0.25) is 5.02 Å². The average Bonchev–Trinajstić information content (AvgIpc) is 2.67. The van der Waals surface area contributed by atoms with Gasteiger partial charge in [-0.1, -0.05) is 11.6 Å². The van der Waals surface area contributed by atoms with Gasteiger partial charge in [-0.25, -0.2) is 0 Å². The Kier molecular flexibility index (Phi) is 7.61. The van der Waals surface area contributed by atoms with E-state index in [1.54, 1.807) is 37.4 Å². The van der Waals surface area contributed by atoms with Crippen LogP contribution in [-0.4, -0.2) is 33.3 Å². The molecule has 146 valence electrons. The molecule has 0 aliphatic heterocycles. The average molecular weight is 394 g/mol. The van der Waals surface area contributed by atoms with Gasteiger partial charge in [-0.3, -0.25) is 4.79 Å². The van der Waals surface area contributed by atoms with Crippen LogP contribution >= 0.6 is 11.6 Å². The van der Waals surface area contributed by atoms with Crippen molar-refractivity contribution in [3.05, 3.63) is 46.5 Å². The van der Waals surface area contributed by atoms with Crippen molar-refractivity contribution in [3.63, 3.8) is 0 Å². The lowest BCUT2D eigenvalue weighted by atomic mass is 10.1. The molecular formula is C20H24ClNO5. The molecule has 0 spiro atoms. The van der Waals surface area contributed by atoms with E-state index in [2.05, 4.69) is 5.32 Å². The van der Waals surface area contributed by atoms with Crippen LogP contribution in [-0.2, 0) is 6.54 Å². The van der Waals surface area contributed by atoms with Crippen molar-refractivity contribution in [1.82, 2.24) is 5.32 Å². The molecule has 2 rings (SSSR count). The summed E-state index contributed by atoms with van der Waals surface area (Å²) in [5.41, 5.74) is 1.14. The first-order valence-corrected chi connectivity index (χ1v) is 9.00. The van der Waals surface area contributed by atoms with Gasteiger partial charge in [0.15, 0.2) is 11.5 Å². The Morgan fingerprint density at radius 1 is 0.963 bits per heavy atom. The summed E-state index contributed by atoms with van der Waals surface area (Å²) < 4.78 is 21.5. The standard InChI is InChI=1S/C20H24ClNO5/c1-5-26-14-7-8-15(17(10-14)27-6-2)20(23)22-12-13-9-18(24-3)19(25-4)11-16(13)21/h7-11H,5-6,12H2,1-4H3,(H,22,23). The largest absolute Gasteiger partial charge is 0.494 e. The number of carbonyl (C=O) groups excluding carboxylic acids is 1. The number of ether oxygens (including phenoxy) is 4. The second-order valence-electron chi connectivity index (χ2n) is 5.51. The van der Waals surface area contributed by atoms with Gasteiger partial charge in [-0.2, -0.15) is 0 Å². The maximum absolute atomic E-state index is 12.6. The molecule has 1 amide bonds. The molecule has 6 nitrogen and oxygen atoms in total. The smallest absolute Gasteiger partial charge is 0.255 e. The number of methoxy groups -OCH3 is 2. The van der Waals surface area contributed by atoms with Gasteiger partial charge in [0.05, 0.1) is 33.0 Å². The predicted octanol–water partition coefficient (Wildman–Crippen LogP) is 4.08. The topological polar surface area (TPSA) is 66.0 Å². The quantitative estimate of drug-likeness (QED) is 0.695. The summed E-state index contributed by atoms with van der Waals surface area (Å²) in [7, 11) is 3.08. The molecule has 0 saturated carbocycles. The lowest BCUT2D eigenvalue weighted by molar-refractivity contribution is 0.0947. The fourth-order valence-electron chi connectivity index (χ4n) is 2.52. The zero-order chi connectivity index (χ0) is 19.8. The number of hydrogen-bond acceptors (Lipinski definition) is 5. The van der Waals surface area contributed by atoms with Gasteiger partial charge < -0.3 is 24.3 Å². The third-order valence-corrected chi connectivity index (χ3v) is 4.15. The predicted molar refractivity (Wildman–Crippen MR) is 105 cm³/mol. The summed E-state index contributed by atoms with van der Waals surface area (Å²) in [4.78, 5) is 12.6. The van der Waals surface area contributed by atoms with E-state index >= 15 is 0 Å². The van der Waals surface area contributed by atoms with E-state index in [0.717, 1.165) is 0 Å². The summed E-state index contributed by atoms with van der Waals surface area (Å²) in [6, 6.07) is 8.53. The van der Waals surface area contributed by atoms with Crippen LogP contribution in [0.5, 0.6) is 23.0 Å². The number of amides is 1. The van der Waals surface area contributed by atoms with Gasteiger partial charge >= 0.3 is 0 Å². The number of carbonyl (C=O) groups is 1. The van der Waals surface area contributed by atoms with Crippen LogP contribution in [0, 0.1) is 0 Å². The molecule has 0 aliphatic rings. The molecule has 0 saturated heterocycles. The minimum Gasteiger partial charge on any atom is -0.494 e. The highest BCUT2D eigenvalue weighted by molar-refractivity contribution is 6.31. The number of halogens is 1.